The molecule has 1 N–H and O–H groups in total. The third-order valence-corrected chi connectivity index (χ3v) is 8.85. The van der Waals surface area contributed by atoms with Crippen LogP contribution in [0.25, 0.3) is 0 Å². The molecule has 8 heteroatoms. The summed E-state index contributed by atoms with van der Waals surface area (Å²) in [5, 5.41) is 9.93. The van der Waals surface area contributed by atoms with Gasteiger partial charge in [-0.2, -0.15) is 0 Å². The van der Waals surface area contributed by atoms with E-state index < -0.39 is 5.97 Å². The summed E-state index contributed by atoms with van der Waals surface area (Å²) in [6.07, 6.45) is 10.2. The van der Waals surface area contributed by atoms with Crippen LogP contribution >= 0.6 is 11.8 Å². The predicted molar refractivity (Wildman–Crippen MR) is 140 cm³/mol. The molecular formula is C28H36N4O3S. The lowest BCUT2D eigenvalue weighted by Gasteiger charge is -2.38. The third kappa shape index (κ3) is 5.70. The van der Waals surface area contributed by atoms with Crippen molar-refractivity contribution in [2.24, 2.45) is 0 Å². The molecule has 0 bridgehead atoms. The minimum atomic E-state index is -0.916. The van der Waals surface area contributed by atoms with Gasteiger partial charge >= 0.3 is 12.0 Å². The SMILES string of the molecule is C[C@@H]1CN(C2CCCCC2)C(=O)N1C1CCN(Cc2ccc(Sc3ccc(C(=O)O)cc3)nc2)CC1. The molecule has 7 nitrogen and oxygen atoms in total. The number of aromatic carboxylic acids is 1. The van der Waals surface area contributed by atoms with Crippen LogP contribution in [0.15, 0.2) is 52.5 Å². The quantitative estimate of drug-likeness (QED) is 0.543. The number of rotatable bonds is 7. The zero-order valence-corrected chi connectivity index (χ0v) is 21.8. The van der Waals surface area contributed by atoms with E-state index in [0.29, 0.717) is 18.1 Å². The molecule has 1 aromatic carbocycles. The van der Waals surface area contributed by atoms with E-state index in [9.17, 15) is 9.59 Å². The number of carbonyl (C=O) groups is 2. The van der Waals surface area contributed by atoms with Gasteiger partial charge in [-0.3, -0.25) is 4.90 Å². The van der Waals surface area contributed by atoms with Crippen molar-refractivity contribution in [1.82, 2.24) is 19.7 Å². The van der Waals surface area contributed by atoms with E-state index in [4.69, 9.17) is 5.11 Å². The summed E-state index contributed by atoms with van der Waals surface area (Å²) in [4.78, 5) is 36.7. The monoisotopic (exact) mass is 508 g/mol. The van der Waals surface area contributed by atoms with Crippen molar-refractivity contribution in [3.63, 3.8) is 0 Å². The zero-order valence-electron chi connectivity index (χ0n) is 21.0. The largest absolute Gasteiger partial charge is 0.478 e. The first-order chi connectivity index (χ1) is 17.5. The normalized spacial score (nSPS) is 22.4. The van der Waals surface area contributed by atoms with Crippen molar-refractivity contribution in [3.05, 3.63) is 53.7 Å². The fourth-order valence-corrected chi connectivity index (χ4v) is 6.72. The van der Waals surface area contributed by atoms with Crippen molar-refractivity contribution in [1.29, 1.82) is 0 Å². The summed E-state index contributed by atoms with van der Waals surface area (Å²) in [5.74, 6) is -0.916. The summed E-state index contributed by atoms with van der Waals surface area (Å²) in [6.45, 7) is 5.98. The molecule has 3 fully saturated rings. The highest BCUT2D eigenvalue weighted by atomic mass is 32.2. The van der Waals surface area contributed by atoms with Crippen LogP contribution in [0.4, 0.5) is 4.79 Å². The Kier molecular flexibility index (Phi) is 7.82. The Labute approximate surface area is 217 Å². The van der Waals surface area contributed by atoms with Crippen molar-refractivity contribution < 1.29 is 14.7 Å². The van der Waals surface area contributed by atoms with Gasteiger partial charge in [0.1, 0.15) is 5.03 Å². The molecule has 0 unspecified atom stereocenters. The van der Waals surface area contributed by atoms with Crippen molar-refractivity contribution in [2.45, 2.75) is 86.5 Å². The fourth-order valence-electron chi connectivity index (χ4n) is 5.97. The third-order valence-electron chi connectivity index (χ3n) is 7.90. The van der Waals surface area contributed by atoms with Crippen LogP contribution in [-0.4, -0.2) is 74.6 Å². The number of carboxylic acids is 1. The molecule has 2 amide bonds. The Balaban J connectivity index is 1.10. The molecule has 3 heterocycles. The Morgan fingerprint density at radius 3 is 2.36 bits per heavy atom. The van der Waals surface area contributed by atoms with Crippen molar-refractivity contribution in [2.75, 3.05) is 19.6 Å². The molecule has 192 valence electrons. The molecule has 1 aromatic heterocycles. The topological polar surface area (TPSA) is 77.0 Å². The Morgan fingerprint density at radius 1 is 1.00 bits per heavy atom. The van der Waals surface area contributed by atoms with E-state index in [1.807, 2.05) is 24.4 Å². The first-order valence-corrected chi connectivity index (χ1v) is 14.1. The second-order valence-electron chi connectivity index (χ2n) is 10.4. The lowest BCUT2D eigenvalue weighted by atomic mass is 9.94. The number of carboxylic acid groups (broad SMARTS) is 1. The van der Waals surface area contributed by atoms with Crippen LogP contribution in [0.1, 0.15) is 67.8 Å². The number of hydrogen-bond acceptors (Lipinski definition) is 5. The molecule has 2 aromatic rings. The van der Waals surface area contributed by atoms with Gasteiger partial charge in [0.2, 0.25) is 0 Å². The Bertz CT molecular complexity index is 1050. The molecule has 2 saturated heterocycles. The van der Waals surface area contributed by atoms with E-state index in [2.05, 4.69) is 32.7 Å². The van der Waals surface area contributed by atoms with E-state index in [1.54, 1.807) is 12.1 Å². The second kappa shape index (κ2) is 11.2. The highest BCUT2D eigenvalue weighted by Gasteiger charge is 2.42. The maximum Gasteiger partial charge on any atom is 0.335 e. The number of hydrogen-bond donors (Lipinski definition) is 1. The number of nitrogens with zero attached hydrogens (tertiary/aromatic N) is 4. The standard InChI is InChI=1S/C28H36N4O3S/c1-20-18-31(23-5-3-2-4-6-23)28(35)32(20)24-13-15-30(16-14-24)19-21-7-12-26(29-17-21)36-25-10-8-22(9-11-25)27(33)34/h7-12,17,20,23-24H,2-6,13-16,18-19H2,1H3,(H,33,34)/t20-/m1/s1. The molecule has 0 radical (unpaired) electrons. The van der Waals surface area contributed by atoms with E-state index in [0.717, 1.165) is 48.9 Å². The number of amides is 2. The number of piperidine rings is 1. The summed E-state index contributed by atoms with van der Waals surface area (Å²) in [7, 11) is 0. The highest BCUT2D eigenvalue weighted by molar-refractivity contribution is 7.99. The second-order valence-corrected chi connectivity index (χ2v) is 11.5. The van der Waals surface area contributed by atoms with Crippen LogP contribution in [0.5, 0.6) is 0 Å². The molecule has 0 spiro atoms. The molecular weight excluding hydrogens is 472 g/mol. The number of aromatic nitrogens is 1. The number of likely N-dealkylation sites (tertiary alicyclic amines) is 1. The van der Waals surface area contributed by atoms with Crippen LogP contribution in [0, 0.1) is 0 Å². The summed E-state index contributed by atoms with van der Waals surface area (Å²) < 4.78 is 0. The lowest BCUT2D eigenvalue weighted by molar-refractivity contribution is 0.0696. The molecule has 36 heavy (non-hydrogen) atoms. The van der Waals surface area contributed by atoms with Gasteiger partial charge in [0.15, 0.2) is 0 Å². The van der Waals surface area contributed by atoms with Gasteiger partial charge in [0.25, 0.3) is 0 Å². The number of benzene rings is 1. The van der Waals surface area contributed by atoms with Gasteiger partial charge < -0.3 is 14.9 Å². The highest BCUT2D eigenvalue weighted by Crippen LogP contribution is 2.32. The average molecular weight is 509 g/mol. The van der Waals surface area contributed by atoms with Crippen LogP contribution < -0.4 is 0 Å². The maximum absolute atomic E-state index is 13.3. The zero-order chi connectivity index (χ0) is 25.1. The molecule has 3 aliphatic rings. The van der Waals surface area contributed by atoms with Gasteiger partial charge in [0, 0.05) is 55.4 Å². The van der Waals surface area contributed by atoms with Gasteiger partial charge in [0.05, 0.1) is 5.56 Å². The Hall–Kier alpha value is -2.58. The smallest absolute Gasteiger partial charge is 0.335 e. The maximum atomic E-state index is 13.3. The molecule has 5 rings (SSSR count). The van der Waals surface area contributed by atoms with Crippen LogP contribution in [-0.2, 0) is 6.54 Å². The summed E-state index contributed by atoms with van der Waals surface area (Å²) in [5.41, 5.74) is 1.48. The first kappa shape index (κ1) is 25.1. The van der Waals surface area contributed by atoms with Gasteiger partial charge in [-0.25, -0.2) is 14.6 Å². The lowest BCUT2D eigenvalue weighted by Crippen LogP contribution is -2.49. The van der Waals surface area contributed by atoms with Gasteiger partial charge in [-0.05, 0) is 68.5 Å². The summed E-state index contributed by atoms with van der Waals surface area (Å²) in [6, 6.07) is 12.4. The van der Waals surface area contributed by atoms with Gasteiger partial charge in [-0.15, -0.1) is 0 Å². The minimum Gasteiger partial charge on any atom is -0.478 e. The van der Waals surface area contributed by atoms with E-state index in [-0.39, 0.29) is 11.6 Å². The van der Waals surface area contributed by atoms with E-state index in [1.165, 1.54) is 49.4 Å². The fraction of sp³-hybridized carbons (Fsp3) is 0.536. The van der Waals surface area contributed by atoms with Crippen LogP contribution in [0.3, 0.4) is 0 Å². The average Bonchev–Trinajstić information content (AvgIpc) is 3.20. The van der Waals surface area contributed by atoms with Crippen LogP contribution in [0.2, 0.25) is 0 Å². The molecule has 1 atom stereocenters. The number of carbonyl (C=O) groups excluding carboxylic acids is 1. The minimum absolute atomic E-state index is 0.280. The summed E-state index contributed by atoms with van der Waals surface area (Å²) >= 11 is 1.53. The number of pyridine rings is 1. The predicted octanol–water partition coefficient (Wildman–Crippen LogP) is 5.35. The Morgan fingerprint density at radius 2 is 1.72 bits per heavy atom. The van der Waals surface area contributed by atoms with Crippen molar-refractivity contribution in [3.8, 4) is 0 Å². The van der Waals surface area contributed by atoms with Crippen molar-refractivity contribution >= 4 is 23.8 Å². The first-order valence-electron chi connectivity index (χ1n) is 13.3. The molecule has 2 aliphatic heterocycles. The number of urea groups is 1. The van der Waals surface area contributed by atoms with Gasteiger partial charge in [-0.1, -0.05) is 37.1 Å². The molecule has 1 aliphatic carbocycles. The van der Waals surface area contributed by atoms with E-state index >= 15 is 0 Å². The molecule has 1 saturated carbocycles.